The van der Waals surface area contributed by atoms with Crippen molar-refractivity contribution in [3.05, 3.63) is 77.1 Å². The van der Waals surface area contributed by atoms with Gasteiger partial charge in [0.1, 0.15) is 5.82 Å². The van der Waals surface area contributed by atoms with Gasteiger partial charge in [0.05, 0.1) is 28.8 Å². The van der Waals surface area contributed by atoms with E-state index in [2.05, 4.69) is 35.5 Å². The number of likely N-dealkylation sites (tertiary alicyclic amines) is 1. The number of aromatic nitrogens is 2. The Hall–Kier alpha value is -3.90. The summed E-state index contributed by atoms with van der Waals surface area (Å²) in [6, 6.07) is 18.2. The molecule has 6 nitrogen and oxygen atoms in total. The summed E-state index contributed by atoms with van der Waals surface area (Å²) in [6.45, 7) is 4.23. The molecule has 3 aromatic rings. The molecular weight excluding hydrogens is 410 g/mol. The van der Waals surface area contributed by atoms with Gasteiger partial charge in [-0.05, 0) is 56.9 Å². The van der Waals surface area contributed by atoms with Gasteiger partial charge in [0, 0.05) is 42.0 Å². The molecule has 5 rings (SSSR count). The Balaban J connectivity index is 1.66. The van der Waals surface area contributed by atoms with Gasteiger partial charge >= 0.3 is 0 Å². The molecule has 3 unspecified atom stereocenters. The summed E-state index contributed by atoms with van der Waals surface area (Å²) in [4.78, 5) is 20.0. The van der Waals surface area contributed by atoms with Crippen molar-refractivity contribution in [2.75, 3.05) is 0 Å². The summed E-state index contributed by atoms with van der Waals surface area (Å²) in [5.74, 6) is 0.937. The highest BCUT2D eigenvalue weighted by Gasteiger charge is 2.47. The van der Waals surface area contributed by atoms with E-state index >= 15 is 0 Å². The maximum atomic E-state index is 13.4. The average Bonchev–Trinajstić information content (AvgIpc) is 3.52. The Morgan fingerprint density at radius 3 is 2.48 bits per heavy atom. The number of carbonyl (C=O) groups excluding carboxylic acids is 1. The fraction of sp³-hybridized carbons (Fsp3) is 0.333. The highest BCUT2D eigenvalue weighted by molar-refractivity contribution is 5.79. The highest BCUT2D eigenvalue weighted by atomic mass is 16.2. The van der Waals surface area contributed by atoms with E-state index in [-0.39, 0.29) is 18.0 Å². The van der Waals surface area contributed by atoms with Gasteiger partial charge in [0.25, 0.3) is 0 Å². The molecule has 2 aliphatic heterocycles. The number of nitriles is 2. The van der Waals surface area contributed by atoms with Gasteiger partial charge in [-0.3, -0.25) is 4.79 Å². The van der Waals surface area contributed by atoms with E-state index in [0.29, 0.717) is 24.0 Å². The molecule has 2 aliphatic rings. The minimum Gasteiger partial charge on any atom is -0.337 e. The molecule has 0 spiro atoms. The van der Waals surface area contributed by atoms with Gasteiger partial charge < -0.3 is 9.47 Å². The predicted octanol–water partition coefficient (Wildman–Crippen LogP) is 4.58. The summed E-state index contributed by atoms with van der Waals surface area (Å²) in [5.41, 5.74) is 3.15. The molecule has 164 valence electrons. The number of hydrogen-bond donors (Lipinski definition) is 0. The van der Waals surface area contributed by atoms with Crippen LogP contribution in [0, 0.1) is 22.7 Å². The Bertz CT molecular complexity index is 1300. The summed E-state index contributed by atoms with van der Waals surface area (Å²) >= 11 is 0. The number of imidazole rings is 1. The molecule has 1 amide bonds. The minimum absolute atomic E-state index is 0.144. The first-order valence-corrected chi connectivity index (χ1v) is 11.4. The molecule has 0 radical (unpaired) electrons. The lowest BCUT2D eigenvalue weighted by atomic mass is 9.77. The first kappa shape index (κ1) is 21.0. The van der Waals surface area contributed by atoms with E-state index in [1.807, 2.05) is 41.4 Å². The van der Waals surface area contributed by atoms with Crippen molar-refractivity contribution < 1.29 is 4.79 Å². The monoisotopic (exact) mass is 435 g/mol. The molecule has 2 aromatic carbocycles. The summed E-state index contributed by atoms with van der Waals surface area (Å²) < 4.78 is 2.10. The van der Waals surface area contributed by atoms with Crippen LogP contribution >= 0.6 is 0 Å². The third-order valence-corrected chi connectivity index (χ3v) is 7.32. The van der Waals surface area contributed by atoms with E-state index in [0.717, 1.165) is 35.4 Å². The molecule has 1 fully saturated rings. The van der Waals surface area contributed by atoms with E-state index in [1.165, 1.54) is 0 Å². The lowest BCUT2D eigenvalue weighted by Crippen LogP contribution is -2.41. The van der Waals surface area contributed by atoms with Crippen LogP contribution in [0.4, 0.5) is 0 Å². The van der Waals surface area contributed by atoms with Gasteiger partial charge in [-0.15, -0.1) is 0 Å². The van der Waals surface area contributed by atoms with Crippen LogP contribution in [0.3, 0.4) is 0 Å². The normalized spacial score (nSPS) is 23.0. The molecule has 33 heavy (non-hydrogen) atoms. The number of benzene rings is 2. The largest absolute Gasteiger partial charge is 0.337 e. The molecule has 1 aromatic heterocycles. The smallest absolute Gasteiger partial charge is 0.223 e. The fourth-order valence-corrected chi connectivity index (χ4v) is 5.81. The zero-order valence-corrected chi connectivity index (χ0v) is 18.8. The lowest BCUT2D eigenvalue weighted by molar-refractivity contribution is -0.133. The van der Waals surface area contributed by atoms with Gasteiger partial charge in [0.15, 0.2) is 0 Å². The van der Waals surface area contributed by atoms with Crippen LogP contribution in [0.25, 0.3) is 11.4 Å². The lowest BCUT2D eigenvalue weighted by Gasteiger charge is -2.35. The number of fused-ring (bicyclic) bond motifs is 3. The Kier molecular flexibility index (Phi) is 5.02. The van der Waals surface area contributed by atoms with E-state index < -0.39 is 5.54 Å². The molecule has 3 atom stereocenters. The van der Waals surface area contributed by atoms with Crippen molar-refractivity contribution in [1.82, 2.24) is 14.5 Å². The summed E-state index contributed by atoms with van der Waals surface area (Å²) in [5, 5.41) is 19.3. The molecule has 3 heterocycles. The first-order valence-electron chi connectivity index (χ1n) is 11.4. The van der Waals surface area contributed by atoms with Gasteiger partial charge in [0.2, 0.25) is 5.91 Å². The maximum absolute atomic E-state index is 13.4. The van der Waals surface area contributed by atoms with Gasteiger partial charge in [-0.25, -0.2) is 4.98 Å². The van der Waals surface area contributed by atoms with Crippen molar-refractivity contribution >= 4 is 5.91 Å². The minimum atomic E-state index is -0.747. The van der Waals surface area contributed by atoms with Crippen LogP contribution in [0.15, 0.2) is 54.9 Å². The third-order valence-electron chi connectivity index (χ3n) is 7.32. The zero-order chi connectivity index (χ0) is 23.2. The Morgan fingerprint density at radius 1 is 1.09 bits per heavy atom. The van der Waals surface area contributed by atoms with Crippen molar-refractivity contribution in [1.29, 1.82) is 10.5 Å². The SMILES string of the molecule is CC1CCC(C)N1C(=O)CCC1(c2ccc(C#N)cc2)c2c(C#N)cccc2-c2nccn21. The number of nitrogens with zero attached hydrogens (tertiary/aromatic N) is 5. The number of rotatable bonds is 4. The fourth-order valence-electron chi connectivity index (χ4n) is 5.81. The second kappa shape index (κ2) is 7.90. The van der Waals surface area contributed by atoms with Crippen LogP contribution in [-0.2, 0) is 10.3 Å². The molecular formula is C27H25N5O. The summed E-state index contributed by atoms with van der Waals surface area (Å²) in [6.07, 6.45) is 6.61. The standard InChI is InChI=1S/C27H25N5O/c1-18-6-7-19(2)32(18)24(33)12-13-27(22-10-8-20(16-28)9-11-22)25-21(17-29)4-3-5-23(25)26-30-14-15-31(26)27/h3-5,8-11,14-15,18-19H,6-7,12-13H2,1-2H3. The van der Waals surface area contributed by atoms with E-state index in [9.17, 15) is 15.3 Å². The molecule has 0 aliphatic carbocycles. The second-order valence-corrected chi connectivity index (χ2v) is 9.09. The number of hydrogen-bond acceptors (Lipinski definition) is 4. The maximum Gasteiger partial charge on any atom is 0.223 e. The molecule has 1 saturated heterocycles. The van der Waals surface area contributed by atoms with Crippen molar-refractivity contribution in [2.45, 2.75) is 57.2 Å². The Labute approximate surface area is 193 Å². The van der Waals surface area contributed by atoms with E-state index in [4.69, 9.17) is 0 Å². The number of carbonyl (C=O) groups is 1. The van der Waals surface area contributed by atoms with Crippen LogP contribution in [0.5, 0.6) is 0 Å². The quantitative estimate of drug-likeness (QED) is 0.600. The third kappa shape index (κ3) is 3.06. The molecule has 0 N–H and O–H groups in total. The first-order chi connectivity index (χ1) is 16.0. The van der Waals surface area contributed by atoms with Crippen LogP contribution in [0.2, 0.25) is 0 Å². The van der Waals surface area contributed by atoms with Gasteiger partial charge in [-0.2, -0.15) is 10.5 Å². The number of amides is 1. The summed E-state index contributed by atoms with van der Waals surface area (Å²) in [7, 11) is 0. The van der Waals surface area contributed by atoms with Crippen LogP contribution in [-0.4, -0.2) is 32.4 Å². The van der Waals surface area contributed by atoms with Crippen LogP contribution < -0.4 is 0 Å². The van der Waals surface area contributed by atoms with Gasteiger partial charge in [-0.1, -0.05) is 24.3 Å². The average molecular weight is 436 g/mol. The predicted molar refractivity (Wildman–Crippen MR) is 124 cm³/mol. The molecule has 0 bridgehead atoms. The molecule has 6 heteroatoms. The van der Waals surface area contributed by atoms with Crippen molar-refractivity contribution in [2.24, 2.45) is 0 Å². The van der Waals surface area contributed by atoms with Crippen molar-refractivity contribution in [3.8, 4) is 23.5 Å². The molecule has 0 saturated carbocycles. The Morgan fingerprint density at radius 2 is 1.82 bits per heavy atom. The van der Waals surface area contributed by atoms with E-state index in [1.54, 1.807) is 18.3 Å². The van der Waals surface area contributed by atoms with Crippen LogP contribution in [0.1, 0.15) is 61.8 Å². The highest BCUT2D eigenvalue weighted by Crippen LogP contribution is 2.51. The van der Waals surface area contributed by atoms with Crippen molar-refractivity contribution in [3.63, 3.8) is 0 Å². The topological polar surface area (TPSA) is 85.7 Å². The zero-order valence-electron chi connectivity index (χ0n) is 18.8. The second-order valence-electron chi connectivity index (χ2n) is 9.09.